The van der Waals surface area contributed by atoms with Gasteiger partial charge in [-0.3, -0.25) is 14.4 Å². The highest BCUT2D eigenvalue weighted by Gasteiger charge is 2.27. The Bertz CT molecular complexity index is 1690. The molecule has 3 atom stereocenters. The second-order valence-electron chi connectivity index (χ2n) is 11.1. The largest absolute Gasteiger partial charge is 0.360 e. The molecule has 3 aromatic rings. The molecule has 228 valence electrons. The summed E-state index contributed by atoms with van der Waals surface area (Å²) in [6, 6.07) is 5.63. The van der Waals surface area contributed by atoms with Gasteiger partial charge >= 0.3 is 0 Å². The maximum absolute atomic E-state index is 15.0. The first-order valence-corrected chi connectivity index (χ1v) is 15.0. The van der Waals surface area contributed by atoms with Gasteiger partial charge in [-0.05, 0) is 67.5 Å². The molecular weight excluding hydrogens is 583 g/mol. The fraction of sp³-hybridized carbons (Fsp3) is 0.303. The van der Waals surface area contributed by atoms with Gasteiger partial charge in [0.1, 0.15) is 5.69 Å². The minimum atomic E-state index is -0.536. The lowest BCUT2D eigenvalue weighted by Crippen LogP contribution is -2.43. The van der Waals surface area contributed by atoms with Crippen molar-refractivity contribution in [2.45, 2.75) is 57.5 Å². The van der Waals surface area contributed by atoms with Gasteiger partial charge in [0.15, 0.2) is 5.82 Å². The van der Waals surface area contributed by atoms with Crippen LogP contribution in [0.2, 0.25) is 0 Å². The molecule has 1 fully saturated rings. The van der Waals surface area contributed by atoms with Crippen molar-refractivity contribution in [2.24, 2.45) is 5.92 Å². The normalized spacial score (nSPS) is 20.1. The van der Waals surface area contributed by atoms with Crippen LogP contribution in [0.25, 0.3) is 28.2 Å². The van der Waals surface area contributed by atoms with E-state index in [1.165, 1.54) is 12.3 Å². The molecule has 9 nitrogen and oxygen atoms in total. The zero-order chi connectivity index (χ0) is 31.2. The first-order valence-electron chi connectivity index (χ1n) is 14.6. The molecule has 2 aliphatic carbocycles. The van der Waals surface area contributed by atoms with Crippen molar-refractivity contribution in [3.8, 4) is 11.3 Å². The Morgan fingerprint density at radius 3 is 2.80 bits per heavy atom. The van der Waals surface area contributed by atoms with Gasteiger partial charge in [0.25, 0.3) is 0 Å². The van der Waals surface area contributed by atoms with Crippen LogP contribution in [0.4, 0.5) is 10.3 Å². The summed E-state index contributed by atoms with van der Waals surface area (Å²) in [6.07, 6.45) is 15.1. The maximum atomic E-state index is 15.0. The standard InChI is InChI=1S/C33H34ClFN6O3/c1-3-30(43)40-27-13-11-21(14-19(27)2)32(44)38-22-7-5-8-23(16-22)39-33-37-18-26(35)31(41-33)25-17-36-28-15-20(10-12-24(25)28)6-4-9-29(34)42/h3-4,6,10-13,15,17-19,22-23,36H,1,5,7-9,14,16H2,2H3,(H,38,44)(H,40,43)(H,37,39,41)/b6-4+. The second kappa shape index (κ2) is 13.8. The molecule has 5 rings (SSSR count). The number of nitrogens with one attached hydrogen (secondary N) is 4. The molecular formula is C33H34ClFN6O3. The molecule has 0 aliphatic heterocycles. The number of fused-ring (bicyclic) bond motifs is 1. The number of benzene rings is 1. The number of allylic oxidation sites excluding steroid dienone is 4. The Balaban J connectivity index is 1.23. The number of amides is 2. The summed E-state index contributed by atoms with van der Waals surface area (Å²) in [4.78, 5) is 47.6. The summed E-state index contributed by atoms with van der Waals surface area (Å²) >= 11 is 5.40. The van der Waals surface area contributed by atoms with Crippen molar-refractivity contribution in [2.75, 3.05) is 5.32 Å². The van der Waals surface area contributed by atoms with Crippen molar-refractivity contribution in [1.82, 2.24) is 25.6 Å². The minimum Gasteiger partial charge on any atom is -0.360 e. The van der Waals surface area contributed by atoms with Crippen LogP contribution in [0, 0.1) is 11.7 Å². The molecule has 4 N–H and O–H groups in total. The number of carbonyl (C=O) groups is 3. The van der Waals surface area contributed by atoms with Gasteiger partial charge in [0, 0.05) is 58.4 Å². The Morgan fingerprint density at radius 1 is 1.20 bits per heavy atom. The molecule has 3 unspecified atom stereocenters. The summed E-state index contributed by atoms with van der Waals surface area (Å²) in [6.45, 7) is 5.44. The smallest absolute Gasteiger partial charge is 0.247 e. The van der Waals surface area contributed by atoms with Gasteiger partial charge in [0.2, 0.25) is 23.0 Å². The third-order valence-electron chi connectivity index (χ3n) is 7.90. The monoisotopic (exact) mass is 616 g/mol. The third kappa shape index (κ3) is 7.49. The lowest BCUT2D eigenvalue weighted by Gasteiger charge is -2.31. The number of nitrogens with zero attached hydrogens (tertiary/aromatic N) is 2. The number of hydrogen-bond acceptors (Lipinski definition) is 6. The molecule has 1 saturated carbocycles. The quantitative estimate of drug-likeness (QED) is 0.165. The Kier molecular flexibility index (Phi) is 9.69. The SMILES string of the molecule is C=CC(=O)NC1=CC=C(C(=O)NC2CCCC(Nc3ncc(F)c(-c4c[nH]c5cc(/C=C/CC(=O)Cl)ccc45)n3)C2)CC1C. The van der Waals surface area contributed by atoms with E-state index in [-0.39, 0.29) is 41.9 Å². The van der Waals surface area contributed by atoms with Gasteiger partial charge in [-0.1, -0.05) is 43.9 Å². The predicted octanol–water partition coefficient (Wildman–Crippen LogP) is 5.92. The van der Waals surface area contributed by atoms with Crippen LogP contribution in [0.15, 0.2) is 72.7 Å². The molecule has 0 saturated heterocycles. The summed E-state index contributed by atoms with van der Waals surface area (Å²) in [5.41, 5.74) is 3.90. The minimum absolute atomic E-state index is 0.000640. The molecule has 2 aliphatic rings. The highest BCUT2D eigenvalue weighted by atomic mass is 35.5. The van der Waals surface area contributed by atoms with Gasteiger partial charge in [-0.25, -0.2) is 14.4 Å². The van der Waals surface area contributed by atoms with E-state index in [0.717, 1.165) is 41.4 Å². The van der Waals surface area contributed by atoms with E-state index < -0.39 is 11.1 Å². The summed E-state index contributed by atoms with van der Waals surface area (Å²) in [5.74, 6) is -0.602. The van der Waals surface area contributed by atoms with Crippen molar-refractivity contribution in [3.05, 3.63) is 84.1 Å². The second-order valence-corrected chi connectivity index (χ2v) is 11.6. The first kappa shape index (κ1) is 30.9. The fourth-order valence-corrected chi connectivity index (χ4v) is 5.75. The van der Waals surface area contributed by atoms with Crippen LogP contribution in [-0.2, 0) is 14.4 Å². The summed E-state index contributed by atoms with van der Waals surface area (Å²) in [5, 5.41) is 9.67. The van der Waals surface area contributed by atoms with E-state index in [9.17, 15) is 18.8 Å². The average Bonchev–Trinajstić information content (AvgIpc) is 3.42. The van der Waals surface area contributed by atoms with E-state index in [2.05, 4.69) is 37.5 Å². The van der Waals surface area contributed by atoms with Crippen LogP contribution in [0.3, 0.4) is 0 Å². The lowest BCUT2D eigenvalue weighted by molar-refractivity contribution is -0.118. The Labute approximate surface area is 259 Å². The number of aromatic nitrogens is 3. The van der Waals surface area contributed by atoms with Crippen molar-refractivity contribution < 1.29 is 18.8 Å². The molecule has 11 heteroatoms. The highest BCUT2D eigenvalue weighted by molar-refractivity contribution is 6.63. The zero-order valence-electron chi connectivity index (χ0n) is 24.3. The van der Waals surface area contributed by atoms with Gasteiger partial charge in [-0.15, -0.1) is 0 Å². The van der Waals surface area contributed by atoms with Gasteiger partial charge in [0.05, 0.1) is 6.20 Å². The number of rotatable bonds is 10. The predicted molar refractivity (Wildman–Crippen MR) is 170 cm³/mol. The first-order chi connectivity index (χ1) is 21.2. The zero-order valence-corrected chi connectivity index (χ0v) is 25.1. The van der Waals surface area contributed by atoms with E-state index in [0.29, 0.717) is 29.9 Å². The number of carbonyl (C=O) groups excluding carboxylic acids is 3. The summed E-state index contributed by atoms with van der Waals surface area (Å²) in [7, 11) is 0. The number of aromatic amines is 1. The third-order valence-corrected chi connectivity index (χ3v) is 8.06. The van der Waals surface area contributed by atoms with Crippen LogP contribution >= 0.6 is 11.6 Å². The summed E-state index contributed by atoms with van der Waals surface area (Å²) < 4.78 is 15.0. The topological polar surface area (TPSA) is 129 Å². The molecule has 0 radical (unpaired) electrons. The number of anilines is 1. The molecule has 2 aromatic heterocycles. The molecule has 2 heterocycles. The highest BCUT2D eigenvalue weighted by Crippen LogP contribution is 2.31. The van der Waals surface area contributed by atoms with Crippen molar-refractivity contribution >= 4 is 51.6 Å². The van der Waals surface area contributed by atoms with Crippen LogP contribution < -0.4 is 16.0 Å². The van der Waals surface area contributed by atoms with Crippen LogP contribution in [0.1, 0.15) is 51.0 Å². The maximum Gasteiger partial charge on any atom is 0.247 e. The van der Waals surface area contributed by atoms with Crippen molar-refractivity contribution in [3.63, 3.8) is 0 Å². The van der Waals surface area contributed by atoms with Crippen LogP contribution in [-0.4, -0.2) is 44.1 Å². The number of H-pyrrole nitrogens is 1. The van der Waals surface area contributed by atoms with E-state index in [1.54, 1.807) is 30.5 Å². The van der Waals surface area contributed by atoms with E-state index in [4.69, 9.17) is 11.6 Å². The fourth-order valence-electron chi connectivity index (χ4n) is 5.66. The average molecular weight is 617 g/mol. The van der Waals surface area contributed by atoms with Crippen LogP contribution in [0.5, 0.6) is 0 Å². The molecule has 1 aromatic carbocycles. The molecule has 0 bridgehead atoms. The number of hydrogen-bond donors (Lipinski definition) is 4. The van der Waals surface area contributed by atoms with E-state index >= 15 is 0 Å². The van der Waals surface area contributed by atoms with Crippen molar-refractivity contribution in [1.29, 1.82) is 0 Å². The molecule has 44 heavy (non-hydrogen) atoms. The number of halogens is 2. The van der Waals surface area contributed by atoms with E-state index in [1.807, 2.05) is 25.1 Å². The molecule has 2 amide bonds. The lowest BCUT2D eigenvalue weighted by atomic mass is 9.89. The Hall–Kier alpha value is -4.57. The molecule has 0 spiro atoms. The van der Waals surface area contributed by atoms with Gasteiger partial charge in [-0.2, -0.15) is 0 Å². The van der Waals surface area contributed by atoms with Gasteiger partial charge < -0.3 is 20.9 Å². The Morgan fingerprint density at radius 2 is 2.02 bits per heavy atom.